The van der Waals surface area contributed by atoms with Crippen LogP contribution in [0.1, 0.15) is 20.8 Å². The number of carbonyl (C=O) groups excluding carboxylic acids is 1. The Bertz CT molecular complexity index is 443. The average Bonchev–Trinajstić information content (AvgIpc) is 2.10. The lowest BCUT2D eigenvalue weighted by Crippen LogP contribution is -2.27. The Kier molecular flexibility index (Phi) is 4.27. The van der Waals surface area contributed by atoms with Gasteiger partial charge in [0.15, 0.2) is 5.75 Å². The molecule has 0 radical (unpaired) electrons. The SMILES string of the molecule is CC(C)(C)OC(=O)Nc1cc(Cl)cc(Br)c1O. The van der Waals surface area contributed by atoms with Gasteiger partial charge in [0.25, 0.3) is 0 Å². The van der Waals surface area contributed by atoms with Crippen molar-refractivity contribution in [2.24, 2.45) is 0 Å². The maximum absolute atomic E-state index is 11.5. The third-order valence-electron chi connectivity index (χ3n) is 1.66. The molecule has 0 bridgehead atoms. The van der Waals surface area contributed by atoms with Gasteiger partial charge in [-0.05, 0) is 48.8 Å². The van der Waals surface area contributed by atoms with Crippen LogP contribution in [0, 0.1) is 0 Å². The maximum atomic E-state index is 11.5. The molecule has 0 saturated carbocycles. The first kappa shape index (κ1) is 14.1. The molecule has 0 fully saturated rings. The molecule has 1 aromatic rings. The molecule has 0 aromatic heterocycles. The molecule has 17 heavy (non-hydrogen) atoms. The number of nitrogens with one attached hydrogen (secondary N) is 1. The van der Waals surface area contributed by atoms with E-state index in [9.17, 15) is 9.90 Å². The molecule has 0 aliphatic carbocycles. The van der Waals surface area contributed by atoms with Gasteiger partial charge in [-0.25, -0.2) is 4.79 Å². The number of ether oxygens (including phenoxy) is 1. The lowest BCUT2D eigenvalue weighted by molar-refractivity contribution is 0.0635. The van der Waals surface area contributed by atoms with Crippen LogP contribution in [0.3, 0.4) is 0 Å². The van der Waals surface area contributed by atoms with E-state index < -0.39 is 11.7 Å². The summed E-state index contributed by atoms with van der Waals surface area (Å²) in [5.41, 5.74) is -0.409. The number of phenolic OH excluding ortho intramolecular Hbond substituents is 1. The fourth-order valence-corrected chi connectivity index (χ4v) is 1.89. The highest BCUT2D eigenvalue weighted by molar-refractivity contribution is 9.10. The monoisotopic (exact) mass is 321 g/mol. The van der Waals surface area contributed by atoms with Gasteiger partial charge in [0.05, 0.1) is 10.2 Å². The standard InChI is InChI=1S/C11H13BrClNO3/c1-11(2,3)17-10(16)14-8-5-6(13)4-7(12)9(8)15/h4-5,15H,1-3H3,(H,14,16). The first-order valence-electron chi connectivity index (χ1n) is 4.87. The van der Waals surface area contributed by atoms with E-state index >= 15 is 0 Å². The van der Waals surface area contributed by atoms with Crippen molar-refractivity contribution in [2.45, 2.75) is 26.4 Å². The van der Waals surface area contributed by atoms with Crippen LogP contribution in [0.15, 0.2) is 16.6 Å². The maximum Gasteiger partial charge on any atom is 0.412 e. The molecule has 0 atom stereocenters. The Morgan fingerprint density at radius 1 is 1.47 bits per heavy atom. The number of phenols is 1. The summed E-state index contributed by atoms with van der Waals surface area (Å²) in [5, 5.41) is 12.5. The van der Waals surface area contributed by atoms with E-state index in [4.69, 9.17) is 16.3 Å². The zero-order chi connectivity index (χ0) is 13.2. The van der Waals surface area contributed by atoms with Gasteiger partial charge in [0.1, 0.15) is 5.60 Å². The molecule has 4 nitrogen and oxygen atoms in total. The molecule has 1 amide bonds. The summed E-state index contributed by atoms with van der Waals surface area (Å²) < 4.78 is 5.46. The van der Waals surface area contributed by atoms with Crippen LogP contribution in [0.25, 0.3) is 0 Å². The number of halogens is 2. The zero-order valence-corrected chi connectivity index (χ0v) is 12.0. The number of benzene rings is 1. The Morgan fingerprint density at radius 2 is 2.06 bits per heavy atom. The van der Waals surface area contributed by atoms with E-state index in [1.807, 2.05) is 0 Å². The molecule has 1 aromatic carbocycles. The summed E-state index contributed by atoms with van der Waals surface area (Å²) in [4.78, 5) is 11.5. The minimum atomic E-state index is -0.651. The highest BCUT2D eigenvalue weighted by Gasteiger charge is 2.18. The third-order valence-corrected chi connectivity index (χ3v) is 2.49. The topological polar surface area (TPSA) is 58.6 Å². The lowest BCUT2D eigenvalue weighted by Gasteiger charge is -2.20. The Morgan fingerprint density at radius 3 is 2.59 bits per heavy atom. The van der Waals surface area contributed by atoms with Crippen molar-refractivity contribution in [1.29, 1.82) is 0 Å². The highest BCUT2D eigenvalue weighted by atomic mass is 79.9. The van der Waals surface area contributed by atoms with Crippen molar-refractivity contribution < 1.29 is 14.6 Å². The molecule has 0 aliphatic rings. The minimum absolute atomic E-state index is 0.0970. The molecule has 0 spiro atoms. The first-order valence-corrected chi connectivity index (χ1v) is 6.04. The number of aromatic hydroxyl groups is 1. The van der Waals surface area contributed by atoms with Gasteiger partial charge < -0.3 is 9.84 Å². The predicted molar refractivity (Wildman–Crippen MR) is 70.7 cm³/mol. The fraction of sp³-hybridized carbons (Fsp3) is 0.364. The molecular formula is C11H13BrClNO3. The fourth-order valence-electron chi connectivity index (χ4n) is 1.07. The van der Waals surface area contributed by atoms with Gasteiger partial charge in [0, 0.05) is 5.02 Å². The summed E-state index contributed by atoms with van der Waals surface area (Å²) in [6, 6.07) is 2.96. The second-order valence-electron chi connectivity index (χ2n) is 4.41. The van der Waals surface area contributed by atoms with Gasteiger partial charge in [-0.3, -0.25) is 5.32 Å². The van der Waals surface area contributed by atoms with Crippen LogP contribution >= 0.6 is 27.5 Å². The van der Waals surface area contributed by atoms with Crippen molar-refractivity contribution in [3.05, 3.63) is 21.6 Å². The molecule has 0 aliphatic heterocycles. The second-order valence-corrected chi connectivity index (χ2v) is 5.70. The molecule has 94 valence electrons. The summed E-state index contributed by atoms with van der Waals surface area (Å²) in [6.45, 7) is 5.25. The zero-order valence-electron chi connectivity index (χ0n) is 9.67. The summed E-state index contributed by atoms with van der Waals surface area (Å²) in [7, 11) is 0. The van der Waals surface area contributed by atoms with Crippen LogP contribution in [0.4, 0.5) is 10.5 Å². The molecule has 0 saturated heterocycles. The number of amides is 1. The molecule has 1 rings (SSSR count). The van der Waals surface area contributed by atoms with Crippen molar-refractivity contribution >= 4 is 39.3 Å². The Hall–Kier alpha value is -0.940. The van der Waals surface area contributed by atoms with E-state index in [0.29, 0.717) is 9.50 Å². The van der Waals surface area contributed by atoms with Gasteiger partial charge in [0.2, 0.25) is 0 Å². The smallest absolute Gasteiger partial charge is 0.412 e. The average molecular weight is 323 g/mol. The summed E-state index contributed by atoms with van der Waals surface area (Å²) in [5.74, 6) is -0.0970. The van der Waals surface area contributed by atoms with Crippen molar-refractivity contribution in [1.82, 2.24) is 0 Å². The van der Waals surface area contributed by atoms with E-state index in [1.54, 1.807) is 20.8 Å². The lowest BCUT2D eigenvalue weighted by atomic mass is 10.2. The summed E-state index contributed by atoms with van der Waals surface area (Å²) >= 11 is 8.93. The van der Waals surface area contributed by atoms with Crippen LogP contribution in [0.5, 0.6) is 5.75 Å². The minimum Gasteiger partial charge on any atom is -0.505 e. The number of rotatable bonds is 1. The second kappa shape index (κ2) is 5.14. The highest BCUT2D eigenvalue weighted by Crippen LogP contribution is 2.35. The number of anilines is 1. The quantitative estimate of drug-likeness (QED) is 0.763. The van der Waals surface area contributed by atoms with E-state index in [-0.39, 0.29) is 11.4 Å². The van der Waals surface area contributed by atoms with Gasteiger partial charge >= 0.3 is 6.09 Å². The van der Waals surface area contributed by atoms with Crippen LogP contribution in [-0.2, 0) is 4.74 Å². The normalized spacial score (nSPS) is 11.1. The molecule has 2 N–H and O–H groups in total. The van der Waals surface area contributed by atoms with Crippen LogP contribution < -0.4 is 5.32 Å². The molecule has 0 unspecified atom stereocenters. The van der Waals surface area contributed by atoms with Crippen LogP contribution in [0.2, 0.25) is 5.02 Å². The Labute approximate surface area is 113 Å². The van der Waals surface area contributed by atoms with E-state index in [0.717, 1.165) is 0 Å². The van der Waals surface area contributed by atoms with Crippen molar-refractivity contribution in [2.75, 3.05) is 5.32 Å². The molecular weight excluding hydrogens is 309 g/mol. The van der Waals surface area contributed by atoms with Gasteiger partial charge in [-0.2, -0.15) is 0 Å². The predicted octanol–water partition coefficient (Wildman–Crippen LogP) is 4.16. The molecule has 0 heterocycles. The largest absolute Gasteiger partial charge is 0.505 e. The van der Waals surface area contributed by atoms with E-state index in [2.05, 4.69) is 21.2 Å². The van der Waals surface area contributed by atoms with Crippen molar-refractivity contribution in [3.8, 4) is 5.75 Å². The Balaban J connectivity index is 2.85. The molecule has 6 heteroatoms. The first-order chi connectivity index (χ1) is 7.69. The van der Waals surface area contributed by atoms with Gasteiger partial charge in [-0.15, -0.1) is 0 Å². The number of hydrogen-bond acceptors (Lipinski definition) is 3. The number of carbonyl (C=O) groups is 1. The van der Waals surface area contributed by atoms with Gasteiger partial charge in [-0.1, -0.05) is 11.6 Å². The van der Waals surface area contributed by atoms with Crippen molar-refractivity contribution in [3.63, 3.8) is 0 Å². The third kappa shape index (κ3) is 4.44. The van der Waals surface area contributed by atoms with Crippen LogP contribution in [-0.4, -0.2) is 16.8 Å². The summed E-state index contributed by atoms with van der Waals surface area (Å²) in [6.07, 6.45) is -0.651. The number of hydrogen-bond donors (Lipinski definition) is 2. The van der Waals surface area contributed by atoms with E-state index in [1.165, 1.54) is 12.1 Å².